The molecule has 0 bridgehead atoms. The van der Waals surface area contributed by atoms with Crippen molar-refractivity contribution in [2.75, 3.05) is 26.2 Å². The average Bonchev–Trinajstić information content (AvgIpc) is 3.41. The molecule has 1 amide bonds. The van der Waals surface area contributed by atoms with Gasteiger partial charge in [-0.15, -0.1) is 0 Å². The highest BCUT2D eigenvalue weighted by atomic mass is 19.1. The number of carbonyl (C=O) groups is 1. The van der Waals surface area contributed by atoms with Crippen LogP contribution in [0.3, 0.4) is 0 Å². The van der Waals surface area contributed by atoms with Gasteiger partial charge in [0.25, 0.3) is 0 Å². The maximum Gasteiger partial charge on any atom is 0.228 e. The van der Waals surface area contributed by atoms with Crippen molar-refractivity contribution >= 4 is 5.91 Å². The summed E-state index contributed by atoms with van der Waals surface area (Å²) in [4.78, 5) is 23.3. The Balaban J connectivity index is 1.22. The Kier molecular flexibility index (Phi) is 7.01. The lowest BCUT2D eigenvalue weighted by atomic mass is 9.78. The Morgan fingerprint density at radius 2 is 1.76 bits per heavy atom. The summed E-state index contributed by atoms with van der Waals surface area (Å²) in [5.41, 5.74) is 2.35. The lowest BCUT2D eigenvalue weighted by Crippen LogP contribution is -2.52. The van der Waals surface area contributed by atoms with Crippen LogP contribution in [0.25, 0.3) is 0 Å². The molecule has 5 rings (SSSR count). The molecule has 0 spiro atoms. The van der Waals surface area contributed by atoms with E-state index in [1.54, 1.807) is 6.07 Å². The van der Waals surface area contributed by atoms with E-state index < -0.39 is 0 Å². The van der Waals surface area contributed by atoms with Crippen molar-refractivity contribution in [2.45, 2.75) is 76.7 Å². The molecule has 0 unspecified atom stereocenters. The van der Waals surface area contributed by atoms with Crippen LogP contribution in [0.2, 0.25) is 0 Å². The predicted octanol–water partition coefficient (Wildman–Crippen LogP) is 5.56. The largest absolute Gasteiger partial charge is 0.342 e. The second kappa shape index (κ2) is 10.2. The van der Waals surface area contributed by atoms with E-state index in [4.69, 9.17) is 4.98 Å². The first-order valence-corrected chi connectivity index (χ1v) is 13.2. The molecular weight excluding hydrogens is 425 g/mol. The summed E-state index contributed by atoms with van der Waals surface area (Å²) in [6.07, 6.45) is 9.89. The Labute approximate surface area is 203 Å². The fraction of sp³-hybridized carbons (Fsp3) is 0.586. The fourth-order valence-electron chi connectivity index (χ4n) is 6.31. The number of nitrogens with zero attached hydrogens (tertiary/aromatic N) is 3. The lowest BCUT2D eigenvalue weighted by Gasteiger charge is -2.44. The number of benzene rings is 1. The number of aromatic nitrogens is 1. The van der Waals surface area contributed by atoms with E-state index in [9.17, 15) is 9.18 Å². The molecule has 0 N–H and O–H groups in total. The zero-order valence-electron chi connectivity index (χ0n) is 20.5. The summed E-state index contributed by atoms with van der Waals surface area (Å²) in [6, 6.07) is 13.7. The van der Waals surface area contributed by atoms with Gasteiger partial charge >= 0.3 is 0 Å². The van der Waals surface area contributed by atoms with E-state index in [0.717, 1.165) is 69.3 Å². The Morgan fingerprint density at radius 3 is 2.53 bits per heavy atom. The number of rotatable bonds is 5. The molecule has 2 saturated heterocycles. The van der Waals surface area contributed by atoms with Gasteiger partial charge < -0.3 is 9.80 Å². The third-order valence-corrected chi connectivity index (χ3v) is 8.54. The summed E-state index contributed by atoms with van der Waals surface area (Å²) < 4.78 is 14.1. The van der Waals surface area contributed by atoms with E-state index in [1.165, 1.54) is 31.7 Å². The Morgan fingerprint density at radius 1 is 1.00 bits per heavy atom. The van der Waals surface area contributed by atoms with Crippen molar-refractivity contribution in [3.63, 3.8) is 0 Å². The first-order chi connectivity index (χ1) is 16.5. The SMILES string of the molecule is CC1(C(=O)N2CCC[C@@H](c3cccc(Cc4ccccc4F)n3)C2)CCN(C2CCCC2)CC1. The predicted molar refractivity (Wildman–Crippen MR) is 133 cm³/mol. The number of likely N-dealkylation sites (tertiary alicyclic amines) is 2. The molecule has 3 fully saturated rings. The minimum Gasteiger partial charge on any atom is -0.342 e. The molecule has 3 aliphatic rings. The van der Waals surface area contributed by atoms with Gasteiger partial charge in [0.15, 0.2) is 0 Å². The van der Waals surface area contributed by atoms with Gasteiger partial charge in [-0.1, -0.05) is 44.0 Å². The van der Waals surface area contributed by atoms with Crippen molar-refractivity contribution < 1.29 is 9.18 Å². The van der Waals surface area contributed by atoms with Crippen molar-refractivity contribution in [3.05, 3.63) is 65.2 Å². The molecule has 2 aliphatic heterocycles. The van der Waals surface area contributed by atoms with Crippen LogP contribution in [-0.2, 0) is 11.2 Å². The number of pyridine rings is 1. The second-order valence-corrected chi connectivity index (χ2v) is 10.9. The second-order valence-electron chi connectivity index (χ2n) is 10.9. The van der Waals surface area contributed by atoms with Gasteiger partial charge in [-0.3, -0.25) is 9.78 Å². The molecule has 1 saturated carbocycles. The van der Waals surface area contributed by atoms with Crippen molar-refractivity contribution in [1.82, 2.24) is 14.8 Å². The number of amides is 1. The van der Waals surface area contributed by atoms with Gasteiger partial charge in [0.1, 0.15) is 5.82 Å². The topological polar surface area (TPSA) is 36.4 Å². The van der Waals surface area contributed by atoms with Crippen molar-refractivity contribution in [1.29, 1.82) is 0 Å². The molecule has 34 heavy (non-hydrogen) atoms. The highest BCUT2D eigenvalue weighted by Crippen LogP contribution is 2.38. The first kappa shape index (κ1) is 23.5. The molecule has 1 aromatic heterocycles. The third-order valence-electron chi connectivity index (χ3n) is 8.54. The van der Waals surface area contributed by atoms with Crippen LogP contribution < -0.4 is 0 Å². The fourth-order valence-corrected chi connectivity index (χ4v) is 6.31. The summed E-state index contributed by atoms with van der Waals surface area (Å²) in [5, 5.41) is 0. The summed E-state index contributed by atoms with van der Waals surface area (Å²) in [6.45, 7) is 5.91. The molecule has 3 heterocycles. The summed E-state index contributed by atoms with van der Waals surface area (Å²) >= 11 is 0. The Bertz CT molecular complexity index is 994. The maximum absolute atomic E-state index is 14.1. The highest BCUT2D eigenvalue weighted by molar-refractivity contribution is 5.82. The van der Waals surface area contributed by atoms with Crippen LogP contribution >= 0.6 is 0 Å². The minimum atomic E-state index is -0.239. The molecule has 0 radical (unpaired) electrons. The van der Waals surface area contributed by atoms with E-state index in [-0.39, 0.29) is 17.2 Å². The van der Waals surface area contributed by atoms with Gasteiger partial charge in [0, 0.05) is 48.3 Å². The standard InChI is InChI=1S/C29H38FN3O/c1-29(15-18-32(19-16-29)25-11-3-4-12-25)28(34)33-17-7-9-23(21-33)27-14-6-10-24(31-27)20-22-8-2-5-13-26(22)30/h2,5-6,8,10,13-14,23,25H,3-4,7,9,11-12,15-21H2,1H3/t23-/m1/s1. The number of halogens is 1. The lowest BCUT2D eigenvalue weighted by molar-refractivity contribution is -0.145. The highest BCUT2D eigenvalue weighted by Gasteiger charge is 2.42. The zero-order valence-corrected chi connectivity index (χ0v) is 20.5. The monoisotopic (exact) mass is 463 g/mol. The van der Waals surface area contributed by atoms with Crippen molar-refractivity contribution in [2.24, 2.45) is 5.41 Å². The number of hydrogen-bond acceptors (Lipinski definition) is 3. The van der Waals surface area contributed by atoms with Crippen LogP contribution in [0.4, 0.5) is 4.39 Å². The van der Waals surface area contributed by atoms with Crippen LogP contribution in [0, 0.1) is 11.2 Å². The first-order valence-electron chi connectivity index (χ1n) is 13.2. The van der Waals surface area contributed by atoms with E-state index in [1.807, 2.05) is 24.3 Å². The molecule has 2 aromatic rings. The molecule has 5 heteroatoms. The van der Waals surface area contributed by atoms with Crippen LogP contribution in [0.5, 0.6) is 0 Å². The quantitative estimate of drug-likeness (QED) is 0.582. The smallest absolute Gasteiger partial charge is 0.228 e. The molecule has 4 nitrogen and oxygen atoms in total. The van der Waals surface area contributed by atoms with Crippen LogP contribution in [0.15, 0.2) is 42.5 Å². The summed E-state index contributed by atoms with van der Waals surface area (Å²) in [5.74, 6) is 0.405. The maximum atomic E-state index is 14.1. The molecular formula is C29H38FN3O. The van der Waals surface area contributed by atoms with Gasteiger partial charge in [0.05, 0.1) is 0 Å². The van der Waals surface area contributed by atoms with E-state index >= 15 is 0 Å². The van der Waals surface area contributed by atoms with Crippen molar-refractivity contribution in [3.8, 4) is 0 Å². The van der Waals surface area contributed by atoms with E-state index in [2.05, 4.69) is 22.8 Å². The summed E-state index contributed by atoms with van der Waals surface area (Å²) in [7, 11) is 0. The van der Waals surface area contributed by atoms with Gasteiger partial charge in [-0.05, 0) is 75.4 Å². The molecule has 182 valence electrons. The average molecular weight is 464 g/mol. The number of carbonyl (C=O) groups excluding carboxylic acids is 1. The van der Waals surface area contributed by atoms with Crippen LogP contribution in [-0.4, -0.2) is 52.9 Å². The van der Waals surface area contributed by atoms with Gasteiger partial charge in [-0.2, -0.15) is 0 Å². The third kappa shape index (κ3) is 5.05. The number of piperidine rings is 2. The minimum absolute atomic E-state index is 0.184. The normalized spacial score (nSPS) is 23.8. The van der Waals surface area contributed by atoms with Gasteiger partial charge in [0.2, 0.25) is 5.91 Å². The zero-order chi connectivity index (χ0) is 23.5. The Hall–Kier alpha value is -2.27. The van der Waals surface area contributed by atoms with E-state index in [0.29, 0.717) is 17.9 Å². The van der Waals surface area contributed by atoms with Gasteiger partial charge in [-0.25, -0.2) is 4.39 Å². The molecule has 1 aromatic carbocycles. The number of hydrogen-bond donors (Lipinski definition) is 0. The molecule has 1 aliphatic carbocycles. The molecule has 1 atom stereocenters. The van der Waals surface area contributed by atoms with Crippen LogP contribution in [0.1, 0.15) is 81.2 Å².